The molecule has 2 fully saturated rings. The smallest absolute Gasteiger partial charge is 0.416 e. The van der Waals surface area contributed by atoms with Gasteiger partial charge in [-0.3, -0.25) is 4.79 Å². The second-order valence-electron chi connectivity index (χ2n) is 9.03. The highest BCUT2D eigenvalue weighted by Crippen LogP contribution is 2.40. The zero-order chi connectivity index (χ0) is 23.9. The average molecular weight is 510 g/mol. The molecule has 3 heterocycles. The first-order chi connectivity index (χ1) is 16.3. The van der Waals surface area contributed by atoms with Crippen LogP contribution in [0.2, 0.25) is 0 Å². The number of hydrogen-bond donors (Lipinski definition) is 3. The molecule has 188 valence electrons. The van der Waals surface area contributed by atoms with Crippen molar-refractivity contribution in [2.24, 2.45) is 5.92 Å². The Morgan fingerprint density at radius 3 is 2.60 bits per heavy atom. The minimum absolute atomic E-state index is 0. The Bertz CT molecular complexity index is 1220. The quantitative estimate of drug-likeness (QED) is 0.450. The Kier molecular flexibility index (Phi) is 7.23. The molecule has 3 aromatic rings. The Morgan fingerprint density at radius 1 is 1.17 bits per heavy atom. The summed E-state index contributed by atoms with van der Waals surface area (Å²) in [6.07, 6.45) is 0.537. The fourth-order valence-corrected chi connectivity index (χ4v) is 4.34. The lowest BCUT2D eigenvalue weighted by atomic mass is 10.0. The molecule has 7 nitrogen and oxygen atoms in total. The first kappa shape index (κ1) is 25.2. The Labute approximate surface area is 206 Å². The van der Waals surface area contributed by atoms with Gasteiger partial charge < -0.3 is 20.4 Å². The van der Waals surface area contributed by atoms with E-state index < -0.39 is 11.7 Å². The Hall–Kier alpha value is -2.85. The number of hydrogen-bond acceptors (Lipinski definition) is 5. The average Bonchev–Trinajstić information content (AvgIpc) is 3.57. The molecule has 0 spiro atoms. The molecule has 35 heavy (non-hydrogen) atoms. The van der Waals surface area contributed by atoms with Crippen LogP contribution in [0, 0.1) is 12.8 Å². The number of fused-ring (bicyclic) bond motifs is 1. The van der Waals surface area contributed by atoms with Gasteiger partial charge in [0.1, 0.15) is 23.3 Å². The number of H-pyrrole nitrogens is 1. The van der Waals surface area contributed by atoms with Gasteiger partial charge in [0.15, 0.2) is 0 Å². The van der Waals surface area contributed by atoms with E-state index in [1.54, 1.807) is 6.92 Å². The standard InChI is InChI=1S/C24H26F3N5O2.ClH/c1-13-19(23(33)32-16-6-8-28-9-7-16)21-22(31-13)20(29-12-30-21)17-10-15(24(25,26)27)4-5-18(17)34-11-14-2-3-14;/h4-5,10,12,14,16,28,31H,2-3,6-9,11H2,1H3,(H,32,33);1H. The van der Waals surface area contributed by atoms with Gasteiger partial charge in [-0.1, -0.05) is 0 Å². The van der Waals surface area contributed by atoms with E-state index in [-0.39, 0.29) is 35.6 Å². The van der Waals surface area contributed by atoms with Crippen LogP contribution in [-0.2, 0) is 6.18 Å². The van der Waals surface area contributed by atoms with Crippen molar-refractivity contribution in [2.75, 3.05) is 19.7 Å². The molecule has 11 heteroatoms. The van der Waals surface area contributed by atoms with Crippen LogP contribution >= 0.6 is 12.4 Å². The Morgan fingerprint density at radius 2 is 1.91 bits per heavy atom. The second kappa shape index (κ2) is 10.0. The number of amides is 1. The summed E-state index contributed by atoms with van der Waals surface area (Å²) in [4.78, 5) is 24.9. The molecular formula is C24H27ClF3N5O2. The number of piperidine rings is 1. The van der Waals surface area contributed by atoms with Gasteiger partial charge in [-0.25, -0.2) is 9.97 Å². The highest BCUT2D eigenvalue weighted by molar-refractivity contribution is 6.09. The number of alkyl halides is 3. The summed E-state index contributed by atoms with van der Waals surface area (Å²) in [6, 6.07) is 3.47. The summed E-state index contributed by atoms with van der Waals surface area (Å²) in [5.74, 6) is 0.501. The van der Waals surface area contributed by atoms with Crippen molar-refractivity contribution < 1.29 is 22.7 Å². The fourth-order valence-electron chi connectivity index (χ4n) is 4.34. The zero-order valence-electron chi connectivity index (χ0n) is 19.2. The van der Waals surface area contributed by atoms with E-state index in [0.29, 0.717) is 40.6 Å². The van der Waals surface area contributed by atoms with E-state index in [1.165, 1.54) is 12.4 Å². The van der Waals surface area contributed by atoms with Gasteiger partial charge in [0.05, 0.1) is 23.3 Å². The summed E-state index contributed by atoms with van der Waals surface area (Å²) in [5, 5.41) is 6.32. The molecule has 1 saturated carbocycles. The zero-order valence-corrected chi connectivity index (χ0v) is 20.0. The van der Waals surface area contributed by atoms with Crippen molar-refractivity contribution in [3.8, 4) is 17.0 Å². The third kappa shape index (κ3) is 5.38. The summed E-state index contributed by atoms with van der Waals surface area (Å²) in [7, 11) is 0. The molecule has 3 N–H and O–H groups in total. The van der Waals surface area contributed by atoms with Gasteiger partial charge in [0, 0.05) is 17.3 Å². The molecule has 1 aliphatic heterocycles. The maximum atomic E-state index is 13.5. The van der Waals surface area contributed by atoms with Gasteiger partial charge in [0.2, 0.25) is 0 Å². The van der Waals surface area contributed by atoms with E-state index in [9.17, 15) is 18.0 Å². The molecule has 0 bridgehead atoms. The summed E-state index contributed by atoms with van der Waals surface area (Å²) in [6.45, 7) is 3.87. The monoisotopic (exact) mass is 509 g/mol. The molecule has 2 aromatic heterocycles. The number of benzene rings is 1. The molecule has 0 atom stereocenters. The van der Waals surface area contributed by atoms with E-state index in [4.69, 9.17) is 4.74 Å². The summed E-state index contributed by atoms with van der Waals surface area (Å²) < 4.78 is 46.4. The van der Waals surface area contributed by atoms with Gasteiger partial charge >= 0.3 is 6.18 Å². The summed E-state index contributed by atoms with van der Waals surface area (Å²) >= 11 is 0. The second-order valence-corrected chi connectivity index (χ2v) is 9.03. The topological polar surface area (TPSA) is 91.9 Å². The number of halogens is 4. The highest BCUT2D eigenvalue weighted by atomic mass is 35.5. The number of aryl methyl sites for hydroxylation is 1. The number of rotatable bonds is 6. The number of nitrogens with one attached hydrogen (secondary N) is 3. The van der Waals surface area contributed by atoms with Gasteiger partial charge in [-0.15, -0.1) is 12.4 Å². The first-order valence-corrected chi connectivity index (χ1v) is 11.5. The van der Waals surface area contributed by atoms with Crippen LogP contribution in [0.15, 0.2) is 24.5 Å². The molecule has 0 unspecified atom stereocenters. The minimum Gasteiger partial charge on any atom is -0.493 e. The number of carbonyl (C=O) groups is 1. The number of nitrogens with zero attached hydrogens (tertiary/aromatic N) is 2. The largest absolute Gasteiger partial charge is 0.493 e. The van der Waals surface area contributed by atoms with Crippen LogP contribution in [0.1, 0.15) is 47.3 Å². The molecule has 5 rings (SSSR count). The van der Waals surface area contributed by atoms with Crippen LogP contribution in [0.25, 0.3) is 22.3 Å². The number of carbonyl (C=O) groups excluding carboxylic acids is 1. The van der Waals surface area contributed by atoms with Crippen molar-refractivity contribution in [3.05, 3.63) is 41.3 Å². The van der Waals surface area contributed by atoms with Crippen LogP contribution in [-0.4, -0.2) is 46.6 Å². The SMILES string of the molecule is Cc1[nH]c2c(-c3cc(C(F)(F)F)ccc3OCC3CC3)ncnc2c1C(=O)NC1CCNCC1.Cl. The van der Waals surface area contributed by atoms with Crippen molar-refractivity contribution in [3.63, 3.8) is 0 Å². The summed E-state index contributed by atoms with van der Waals surface area (Å²) in [5.41, 5.74) is 1.44. The molecule has 2 aliphatic rings. The number of ether oxygens (including phenoxy) is 1. The van der Waals surface area contributed by atoms with Crippen LogP contribution < -0.4 is 15.4 Å². The van der Waals surface area contributed by atoms with Crippen LogP contribution in [0.3, 0.4) is 0 Å². The van der Waals surface area contributed by atoms with E-state index in [2.05, 4.69) is 25.6 Å². The number of aromatic amines is 1. The lowest BCUT2D eigenvalue weighted by Gasteiger charge is -2.23. The van der Waals surface area contributed by atoms with Gasteiger partial charge in [-0.2, -0.15) is 13.2 Å². The van der Waals surface area contributed by atoms with Gasteiger partial charge in [-0.05, 0) is 69.8 Å². The molecular weight excluding hydrogens is 483 g/mol. The minimum atomic E-state index is -4.51. The normalized spacial score (nSPS) is 16.7. The van der Waals surface area contributed by atoms with Crippen molar-refractivity contribution in [1.82, 2.24) is 25.6 Å². The first-order valence-electron chi connectivity index (χ1n) is 11.5. The van der Waals surface area contributed by atoms with Crippen molar-refractivity contribution in [2.45, 2.75) is 44.8 Å². The fraction of sp³-hybridized carbons (Fsp3) is 0.458. The van der Waals surface area contributed by atoms with Crippen LogP contribution in [0.5, 0.6) is 5.75 Å². The maximum Gasteiger partial charge on any atom is 0.416 e. The lowest BCUT2D eigenvalue weighted by Crippen LogP contribution is -2.42. The Balaban J connectivity index is 0.00000289. The van der Waals surface area contributed by atoms with Gasteiger partial charge in [0.25, 0.3) is 5.91 Å². The highest BCUT2D eigenvalue weighted by Gasteiger charge is 2.33. The predicted molar refractivity (Wildman–Crippen MR) is 128 cm³/mol. The third-order valence-electron chi connectivity index (χ3n) is 6.41. The van der Waals surface area contributed by atoms with E-state index >= 15 is 0 Å². The molecule has 1 aliphatic carbocycles. The lowest BCUT2D eigenvalue weighted by molar-refractivity contribution is -0.137. The van der Waals surface area contributed by atoms with Crippen molar-refractivity contribution >= 4 is 29.3 Å². The molecule has 0 radical (unpaired) electrons. The third-order valence-corrected chi connectivity index (χ3v) is 6.41. The predicted octanol–water partition coefficient (Wildman–Crippen LogP) is 4.64. The molecule has 1 amide bonds. The molecule has 1 aromatic carbocycles. The van der Waals surface area contributed by atoms with E-state index in [0.717, 1.165) is 50.9 Å². The van der Waals surface area contributed by atoms with Crippen molar-refractivity contribution in [1.29, 1.82) is 0 Å². The van der Waals surface area contributed by atoms with E-state index in [1.807, 2.05) is 0 Å². The number of aromatic nitrogens is 3. The molecule has 1 saturated heterocycles. The van der Waals surface area contributed by atoms with Crippen LogP contribution in [0.4, 0.5) is 13.2 Å². The maximum absolute atomic E-state index is 13.5.